The standard InChI is InChI=1S/C20H27N3O3/c24-19(14-26-18-4-2-1-3-5-18)22-8-6-15(7-9-22)20(25)23-12-16-10-21-11-17(16)13-23/h1-5,15-17,21H,6-14H2/t16-,17+. The lowest BCUT2D eigenvalue weighted by atomic mass is 9.95. The number of likely N-dealkylation sites (tertiary alicyclic amines) is 2. The average molecular weight is 357 g/mol. The van der Waals surface area contributed by atoms with Crippen molar-refractivity contribution in [1.82, 2.24) is 15.1 Å². The lowest BCUT2D eigenvalue weighted by molar-refractivity contribution is -0.141. The third kappa shape index (κ3) is 3.70. The lowest BCUT2D eigenvalue weighted by Gasteiger charge is -2.33. The van der Waals surface area contributed by atoms with Crippen LogP contribution >= 0.6 is 0 Å². The minimum absolute atomic E-state index is 0.00142. The molecule has 2 atom stereocenters. The summed E-state index contributed by atoms with van der Waals surface area (Å²) in [7, 11) is 0. The molecule has 4 rings (SSSR count). The second-order valence-electron chi connectivity index (χ2n) is 7.68. The number of rotatable bonds is 4. The van der Waals surface area contributed by atoms with Crippen molar-refractivity contribution >= 4 is 11.8 Å². The summed E-state index contributed by atoms with van der Waals surface area (Å²) in [6.07, 6.45) is 1.53. The van der Waals surface area contributed by atoms with E-state index in [0.717, 1.165) is 39.0 Å². The summed E-state index contributed by atoms with van der Waals surface area (Å²) in [5.41, 5.74) is 0. The highest BCUT2D eigenvalue weighted by Gasteiger charge is 2.40. The zero-order valence-corrected chi connectivity index (χ0v) is 15.1. The average Bonchev–Trinajstić information content (AvgIpc) is 3.29. The van der Waals surface area contributed by atoms with E-state index >= 15 is 0 Å². The van der Waals surface area contributed by atoms with E-state index in [1.54, 1.807) is 0 Å². The molecule has 0 aliphatic carbocycles. The van der Waals surface area contributed by atoms with Crippen LogP contribution in [0.2, 0.25) is 0 Å². The number of benzene rings is 1. The minimum Gasteiger partial charge on any atom is -0.484 e. The number of fused-ring (bicyclic) bond motifs is 1. The van der Waals surface area contributed by atoms with E-state index in [0.29, 0.717) is 36.6 Å². The van der Waals surface area contributed by atoms with E-state index in [1.165, 1.54) is 0 Å². The van der Waals surface area contributed by atoms with Crippen molar-refractivity contribution in [2.24, 2.45) is 17.8 Å². The van der Waals surface area contributed by atoms with E-state index in [2.05, 4.69) is 10.2 Å². The molecule has 3 aliphatic heterocycles. The van der Waals surface area contributed by atoms with Gasteiger partial charge in [-0.15, -0.1) is 0 Å². The smallest absolute Gasteiger partial charge is 0.260 e. The molecule has 3 saturated heterocycles. The number of para-hydroxylation sites is 1. The van der Waals surface area contributed by atoms with Crippen molar-refractivity contribution in [2.45, 2.75) is 12.8 Å². The number of nitrogens with zero attached hydrogens (tertiary/aromatic N) is 2. The van der Waals surface area contributed by atoms with Crippen molar-refractivity contribution in [3.8, 4) is 5.75 Å². The molecule has 2 amide bonds. The van der Waals surface area contributed by atoms with Crippen LogP contribution in [0.3, 0.4) is 0 Å². The molecule has 1 aromatic rings. The monoisotopic (exact) mass is 357 g/mol. The fraction of sp³-hybridized carbons (Fsp3) is 0.600. The predicted octanol–water partition coefficient (Wildman–Crippen LogP) is 0.982. The maximum absolute atomic E-state index is 12.8. The number of hydrogen-bond donors (Lipinski definition) is 1. The van der Waals surface area contributed by atoms with Crippen LogP contribution in [0, 0.1) is 17.8 Å². The molecule has 6 heteroatoms. The fourth-order valence-corrected chi connectivity index (χ4v) is 4.42. The van der Waals surface area contributed by atoms with E-state index in [1.807, 2.05) is 35.2 Å². The highest BCUT2D eigenvalue weighted by Crippen LogP contribution is 2.29. The SMILES string of the molecule is O=C(COc1ccccc1)N1CCC(C(=O)N2C[C@H]3CNC[C@H]3C2)CC1. The van der Waals surface area contributed by atoms with Gasteiger partial charge in [-0.05, 0) is 36.8 Å². The van der Waals surface area contributed by atoms with Crippen LogP contribution < -0.4 is 10.1 Å². The Morgan fingerprint density at radius 1 is 1.00 bits per heavy atom. The Balaban J connectivity index is 1.22. The van der Waals surface area contributed by atoms with Gasteiger partial charge in [0.2, 0.25) is 5.91 Å². The van der Waals surface area contributed by atoms with Gasteiger partial charge in [-0.3, -0.25) is 9.59 Å². The van der Waals surface area contributed by atoms with Gasteiger partial charge in [0.25, 0.3) is 5.91 Å². The summed E-state index contributed by atoms with van der Waals surface area (Å²) in [6.45, 7) is 5.25. The van der Waals surface area contributed by atoms with Gasteiger partial charge in [-0.25, -0.2) is 0 Å². The van der Waals surface area contributed by atoms with E-state index in [9.17, 15) is 9.59 Å². The number of amides is 2. The van der Waals surface area contributed by atoms with Crippen LogP contribution in [0.1, 0.15) is 12.8 Å². The Kier molecular flexibility index (Phi) is 5.11. The van der Waals surface area contributed by atoms with Gasteiger partial charge in [0.05, 0.1) is 0 Å². The van der Waals surface area contributed by atoms with Crippen LogP contribution in [-0.4, -0.2) is 67.5 Å². The first-order chi connectivity index (χ1) is 12.7. The summed E-state index contributed by atoms with van der Waals surface area (Å²) in [6, 6.07) is 9.39. The summed E-state index contributed by atoms with van der Waals surface area (Å²) in [5, 5.41) is 3.41. The molecule has 0 aromatic heterocycles. The maximum Gasteiger partial charge on any atom is 0.260 e. The van der Waals surface area contributed by atoms with Crippen LogP contribution in [0.4, 0.5) is 0 Å². The second kappa shape index (κ2) is 7.66. The summed E-state index contributed by atoms with van der Waals surface area (Å²) in [4.78, 5) is 29.0. The molecule has 0 bridgehead atoms. The Bertz CT molecular complexity index is 631. The molecule has 1 aromatic carbocycles. The molecular weight excluding hydrogens is 330 g/mol. The number of carbonyl (C=O) groups is 2. The Morgan fingerprint density at radius 3 is 2.31 bits per heavy atom. The van der Waals surface area contributed by atoms with Crippen molar-refractivity contribution in [2.75, 3.05) is 45.9 Å². The molecule has 140 valence electrons. The summed E-state index contributed by atoms with van der Waals surface area (Å²) >= 11 is 0. The van der Waals surface area contributed by atoms with Crippen LogP contribution in [0.25, 0.3) is 0 Å². The first-order valence-corrected chi connectivity index (χ1v) is 9.66. The van der Waals surface area contributed by atoms with E-state index in [4.69, 9.17) is 4.74 Å². The second-order valence-corrected chi connectivity index (χ2v) is 7.68. The Labute approximate surface area is 154 Å². The van der Waals surface area contributed by atoms with Gasteiger partial charge < -0.3 is 19.9 Å². The van der Waals surface area contributed by atoms with Crippen molar-refractivity contribution in [3.05, 3.63) is 30.3 Å². The predicted molar refractivity (Wildman–Crippen MR) is 97.7 cm³/mol. The van der Waals surface area contributed by atoms with Gasteiger partial charge in [0, 0.05) is 45.2 Å². The zero-order valence-electron chi connectivity index (χ0n) is 15.1. The van der Waals surface area contributed by atoms with Crippen LogP contribution in [-0.2, 0) is 9.59 Å². The van der Waals surface area contributed by atoms with Gasteiger partial charge in [-0.1, -0.05) is 18.2 Å². The summed E-state index contributed by atoms with van der Waals surface area (Å²) in [5.74, 6) is 2.35. The minimum atomic E-state index is 0.00142. The van der Waals surface area contributed by atoms with Crippen molar-refractivity contribution < 1.29 is 14.3 Å². The quantitative estimate of drug-likeness (QED) is 0.873. The summed E-state index contributed by atoms with van der Waals surface area (Å²) < 4.78 is 5.55. The molecule has 26 heavy (non-hydrogen) atoms. The number of piperidine rings is 1. The molecule has 0 unspecified atom stereocenters. The van der Waals surface area contributed by atoms with Crippen LogP contribution in [0.5, 0.6) is 5.75 Å². The van der Waals surface area contributed by atoms with Crippen molar-refractivity contribution in [1.29, 1.82) is 0 Å². The molecular formula is C20H27N3O3. The highest BCUT2D eigenvalue weighted by molar-refractivity contribution is 5.81. The molecule has 0 saturated carbocycles. The lowest BCUT2D eigenvalue weighted by Crippen LogP contribution is -2.45. The molecule has 3 heterocycles. The molecule has 1 N–H and O–H groups in total. The molecule has 3 aliphatic rings. The molecule has 6 nitrogen and oxygen atoms in total. The first-order valence-electron chi connectivity index (χ1n) is 9.66. The molecule has 0 spiro atoms. The van der Waals surface area contributed by atoms with Gasteiger partial charge in [0.1, 0.15) is 5.75 Å². The van der Waals surface area contributed by atoms with Gasteiger partial charge in [0.15, 0.2) is 6.61 Å². The third-order valence-corrected chi connectivity index (χ3v) is 6.00. The van der Waals surface area contributed by atoms with Gasteiger partial charge in [-0.2, -0.15) is 0 Å². The number of carbonyl (C=O) groups excluding carboxylic acids is 2. The first kappa shape index (κ1) is 17.3. The molecule has 0 radical (unpaired) electrons. The zero-order chi connectivity index (χ0) is 17.9. The Morgan fingerprint density at radius 2 is 1.65 bits per heavy atom. The van der Waals surface area contributed by atoms with E-state index < -0.39 is 0 Å². The Hall–Kier alpha value is -2.08. The highest BCUT2D eigenvalue weighted by atomic mass is 16.5. The third-order valence-electron chi connectivity index (χ3n) is 6.00. The normalized spacial score (nSPS) is 26.0. The topological polar surface area (TPSA) is 61.9 Å². The fourth-order valence-electron chi connectivity index (χ4n) is 4.42. The molecule has 3 fully saturated rings. The largest absolute Gasteiger partial charge is 0.484 e. The van der Waals surface area contributed by atoms with Crippen LogP contribution in [0.15, 0.2) is 30.3 Å². The number of nitrogens with one attached hydrogen (secondary N) is 1. The van der Waals surface area contributed by atoms with E-state index in [-0.39, 0.29) is 18.4 Å². The van der Waals surface area contributed by atoms with Gasteiger partial charge >= 0.3 is 0 Å². The maximum atomic E-state index is 12.8. The van der Waals surface area contributed by atoms with Crippen molar-refractivity contribution in [3.63, 3.8) is 0 Å². The number of hydrogen-bond acceptors (Lipinski definition) is 4. The number of ether oxygens (including phenoxy) is 1.